The Labute approximate surface area is 117 Å². The second-order valence-electron chi connectivity index (χ2n) is 5.90. The molecule has 3 rings (SSSR count). The molecule has 110 valence electrons. The molecule has 7 heteroatoms. The van der Waals surface area contributed by atoms with E-state index < -0.39 is 5.60 Å². The van der Waals surface area contributed by atoms with Crippen molar-refractivity contribution in [3.63, 3.8) is 0 Å². The maximum atomic E-state index is 12.5. The summed E-state index contributed by atoms with van der Waals surface area (Å²) in [5.41, 5.74) is -0.733. The van der Waals surface area contributed by atoms with Gasteiger partial charge in [0.2, 0.25) is 5.89 Å². The molecule has 2 aliphatic heterocycles. The molecule has 0 aromatic carbocycles. The molecule has 20 heavy (non-hydrogen) atoms. The smallest absolute Gasteiger partial charge is 0.255 e. The number of hydrogen-bond acceptors (Lipinski definition) is 6. The number of carbonyl (C=O) groups is 1. The van der Waals surface area contributed by atoms with Gasteiger partial charge in [-0.1, -0.05) is 5.16 Å². The Morgan fingerprint density at radius 1 is 1.45 bits per heavy atom. The molecule has 3 heterocycles. The first kappa shape index (κ1) is 13.5. The van der Waals surface area contributed by atoms with Crippen molar-refractivity contribution < 1.29 is 14.1 Å². The predicted octanol–water partition coefficient (Wildman–Crippen LogP) is 0.0245. The van der Waals surface area contributed by atoms with Crippen LogP contribution in [0, 0.1) is 6.92 Å². The van der Waals surface area contributed by atoms with E-state index in [-0.39, 0.29) is 11.8 Å². The van der Waals surface area contributed by atoms with Crippen LogP contribution in [-0.4, -0.2) is 71.3 Å². The van der Waals surface area contributed by atoms with Crippen molar-refractivity contribution in [1.29, 1.82) is 0 Å². The zero-order valence-electron chi connectivity index (χ0n) is 12.1. The maximum Gasteiger partial charge on any atom is 0.255 e. The Hall–Kier alpha value is -1.47. The molecular formula is C13H20N4O3. The van der Waals surface area contributed by atoms with Crippen LogP contribution in [0.5, 0.6) is 0 Å². The van der Waals surface area contributed by atoms with Crippen molar-refractivity contribution in [2.75, 3.05) is 39.8 Å². The Bertz CT molecular complexity index is 511. The van der Waals surface area contributed by atoms with Crippen molar-refractivity contribution in [3.05, 3.63) is 11.7 Å². The number of hydrogen-bond donors (Lipinski definition) is 0. The van der Waals surface area contributed by atoms with E-state index in [1.165, 1.54) is 0 Å². The Balaban J connectivity index is 1.60. The Morgan fingerprint density at radius 3 is 2.80 bits per heavy atom. The van der Waals surface area contributed by atoms with E-state index in [0.29, 0.717) is 38.0 Å². The molecule has 2 fully saturated rings. The number of aromatic nitrogens is 2. The van der Waals surface area contributed by atoms with Gasteiger partial charge in [0.05, 0.1) is 12.5 Å². The van der Waals surface area contributed by atoms with Crippen LogP contribution in [-0.2, 0) is 9.53 Å². The Morgan fingerprint density at radius 2 is 2.20 bits per heavy atom. The highest BCUT2D eigenvalue weighted by Crippen LogP contribution is 2.30. The minimum atomic E-state index is -0.733. The van der Waals surface area contributed by atoms with E-state index in [9.17, 15) is 4.79 Å². The quantitative estimate of drug-likeness (QED) is 0.761. The number of morpholine rings is 1. The summed E-state index contributed by atoms with van der Waals surface area (Å²) in [4.78, 5) is 20.7. The summed E-state index contributed by atoms with van der Waals surface area (Å²) in [5, 5.41) is 3.78. The number of rotatable bonds is 2. The van der Waals surface area contributed by atoms with Gasteiger partial charge in [0.1, 0.15) is 0 Å². The molecule has 0 radical (unpaired) electrons. The van der Waals surface area contributed by atoms with Crippen LogP contribution in [0.15, 0.2) is 4.52 Å². The molecule has 1 aromatic heterocycles. The number of likely N-dealkylation sites (N-methyl/N-ethyl adjacent to an activating group) is 1. The first-order valence-electron chi connectivity index (χ1n) is 6.90. The van der Waals surface area contributed by atoms with Crippen molar-refractivity contribution in [2.24, 2.45) is 0 Å². The first-order valence-corrected chi connectivity index (χ1v) is 6.90. The standard InChI is InChI=1S/C13H20N4O3/c1-9-14-11(20-15-9)10-6-17(7-10)12(18)13(2)8-16(3)4-5-19-13/h10H,4-8H2,1-3H3. The van der Waals surface area contributed by atoms with Gasteiger partial charge in [0.15, 0.2) is 11.4 Å². The van der Waals surface area contributed by atoms with Crippen LogP contribution < -0.4 is 0 Å². The van der Waals surface area contributed by atoms with E-state index in [4.69, 9.17) is 9.26 Å². The van der Waals surface area contributed by atoms with Crippen LogP contribution in [0.25, 0.3) is 0 Å². The van der Waals surface area contributed by atoms with Gasteiger partial charge in [-0.05, 0) is 20.9 Å². The highest BCUT2D eigenvalue weighted by atomic mass is 16.5. The highest BCUT2D eigenvalue weighted by molar-refractivity contribution is 5.86. The molecule has 0 N–H and O–H groups in total. The molecule has 0 saturated carbocycles. The monoisotopic (exact) mass is 280 g/mol. The minimum Gasteiger partial charge on any atom is -0.363 e. The van der Waals surface area contributed by atoms with E-state index in [1.807, 2.05) is 18.9 Å². The van der Waals surface area contributed by atoms with Gasteiger partial charge >= 0.3 is 0 Å². The number of likely N-dealkylation sites (tertiary alicyclic amines) is 1. The molecule has 2 saturated heterocycles. The zero-order valence-corrected chi connectivity index (χ0v) is 12.1. The maximum absolute atomic E-state index is 12.5. The minimum absolute atomic E-state index is 0.0523. The lowest BCUT2D eigenvalue weighted by atomic mass is 9.94. The lowest BCUT2D eigenvalue weighted by Gasteiger charge is -2.45. The summed E-state index contributed by atoms with van der Waals surface area (Å²) in [5.74, 6) is 1.47. The Kier molecular flexibility index (Phi) is 3.25. The topological polar surface area (TPSA) is 71.7 Å². The fourth-order valence-corrected chi connectivity index (χ4v) is 2.81. The van der Waals surface area contributed by atoms with Crippen molar-refractivity contribution >= 4 is 5.91 Å². The van der Waals surface area contributed by atoms with Crippen LogP contribution >= 0.6 is 0 Å². The van der Waals surface area contributed by atoms with E-state index in [1.54, 1.807) is 6.92 Å². The number of amides is 1. The number of aryl methyl sites for hydroxylation is 1. The molecule has 0 bridgehead atoms. The summed E-state index contributed by atoms with van der Waals surface area (Å²) in [6.45, 7) is 7.01. The molecule has 1 unspecified atom stereocenters. The summed E-state index contributed by atoms with van der Waals surface area (Å²) in [6, 6.07) is 0. The van der Waals surface area contributed by atoms with E-state index in [0.717, 1.165) is 6.54 Å². The summed E-state index contributed by atoms with van der Waals surface area (Å²) >= 11 is 0. The third-order valence-electron chi connectivity index (χ3n) is 3.98. The van der Waals surface area contributed by atoms with E-state index >= 15 is 0 Å². The normalized spacial score (nSPS) is 28.4. The van der Waals surface area contributed by atoms with Gasteiger partial charge < -0.3 is 19.1 Å². The third-order valence-corrected chi connectivity index (χ3v) is 3.98. The summed E-state index contributed by atoms with van der Waals surface area (Å²) in [7, 11) is 2.01. The molecule has 1 atom stereocenters. The van der Waals surface area contributed by atoms with Gasteiger partial charge in [0, 0.05) is 26.2 Å². The number of ether oxygens (including phenoxy) is 1. The largest absolute Gasteiger partial charge is 0.363 e. The summed E-state index contributed by atoms with van der Waals surface area (Å²) < 4.78 is 10.9. The van der Waals surface area contributed by atoms with Crippen molar-refractivity contribution in [2.45, 2.75) is 25.4 Å². The molecular weight excluding hydrogens is 260 g/mol. The first-order chi connectivity index (χ1) is 9.48. The average molecular weight is 280 g/mol. The van der Waals surface area contributed by atoms with Gasteiger partial charge in [-0.3, -0.25) is 4.79 Å². The average Bonchev–Trinajstić information content (AvgIpc) is 2.73. The van der Waals surface area contributed by atoms with Crippen molar-refractivity contribution in [3.8, 4) is 0 Å². The highest BCUT2D eigenvalue weighted by Gasteiger charge is 2.46. The second-order valence-corrected chi connectivity index (χ2v) is 5.90. The van der Waals surface area contributed by atoms with Crippen LogP contribution in [0.4, 0.5) is 0 Å². The van der Waals surface area contributed by atoms with Gasteiger partial charge in [0.25, 0.3) is 5.91 Å². The van der Waals surface area contributed by atoms with Crippen molar-refractivity contribution in [1.82, 2.24) is 19.9 Å². The van der Waals surface area contributed by atoms with Gasteiger partial charge in [-0.25, -0.2) is 0 Å². The SMILES string of the molecule is Cc1noc(C2CN(C(=O)C3(C)CN(C)CCO3)C2)n1. The fourth-order valence-electron chi connectivity index (χ4n) is 2.81. The molecule has 0 aliphatic carbocycles. The van der Waals surface area contributed by atoms with Gasteiger partial charge in [-0.15, -0.1) is 0 Å². The molecule has 2 aliphatic rings. The molecule has 1 amide bonds. The number of nitrogens with zero attached hydrogens (tertiary/aromatic N) is 4. The summed E-state index contributed by atoms with van der Waals surface area (Å²) in [6.07, 6.45) is 0. The number of carbonyl (C=O) groups excluding carboxylic acids is 1. The lowest BCUT2D eigenvalue weighted by Crippen LogP contribution is -2.62. The fraction of sp³-hybridized carbons (Fsp3) is 0.769. The lowest BCUT2D eigenvalue weighted by molar-refractivity contribution is -0.171. The van der Waals surface area contributed by atoms with Crippen LogP contribution in [0.1, 0.15) is 24.6 Å². The van der Waals surface area contributed by atoms with Gasteiger partial charge in [-0.2, -0.15) is 4.98 Å². The third kappa shape index (κ3) is 2.31. The molecule has 1 aromatic rings. The second kappa shape index (κ2) is 4.82. The predicted molar refractivity (Wildman–Crippen MR) is 70.2 cm³/mol. The van der Waals surface area contributed by atoms with Crippen LogP contribution in [0.3, 0.4) is 0 Å². The van der Waals surface area contributed by atoms with Crippen LogP contribution in [0.2, 0.25) is 0 Å². The molecule has 0 spiro atoms. The van der Waals surface area contributed by atoms with E-state index in [2.05, 4.69) is 15.0 Å². The molecule has 7 nitrogen and oxygen atoms in total. The zero-order chi connectivity index (χ0) is 14.3.